The minimum atomic E-state index is -3.77. The summed E-state index contributed by atoms with van der Waals surface area (Å²) in [4.78, 5) is 29.2. The predicted molar refractivity (Wildman–Crippen MR) is 120 cm³/mol. The van der Waals surface area contributed by atoms with E-state index in [4.69, 9.17) is 0 Å². The normalized spacial score (nSPS) is 11.3. The largest absolute Gasteiger partial charge is 0.299 e. The van der Waals surface area contributed by atoms with Gasteiger partial charge in [0.05, 0.1) is 10.6 Å². The molecule has 3 rings (SSSR count). The molecule has 5 nitrogen and oxygen atoms in total. The van der Waals surface area contributed by atoms with Crippen LogP contribution in [0.4, 0.5) is 0 Å². The molecule has 0 amide bonds. The molecular formula is C25H25NO4S. The summed E-state index contributed by atoms with van der Waals surface area (Å²) in [6, 6.07) is 19.3. The standard InChI is InChI=1S/C25H25NO4S/c1-19-9-11-20(12-10-19)18-22(27)15-17-31(29,30)25-8-3-2-7-23(25)24(28)14-13-21-6-4-5-16-26-21/h2-12,16H,13-15,17-18H2,1H3. The fourth-order valence-corrected chi connectivity index (χ4v) is 4.79. The van der Waals surface area contributed by atoms with Crippen molar-refractivity contribution in [2.24, 2.45) is 0 Å². The van der Waals surface area contributed by atoms with Gasteiger partial charge in [0, 0.05) is 36.7 Å². The van der Waals surface area contributed by atoms with Gasteiger partial charge in [0.2, 0.25) is 0 Å². The van der Waals surface area contributed by atoms with Crippen LogP contribution in [0.2, 0.25) is 0 Å². The van der Waals surface area contributed by atoms with Crippen LogP contribution in [0.1, 0.15) is 40.0 Å². The molecule has 0 aliphatic heterocycles. The SMILES string of the molecule is Cc1ccc(CC(=O)CCS(=O)(=O)c2ccccc2C(=O)CCc2ccccn2)cc1. The first-order valence-corrected chi connectivity index (χ1v) is 11.8. The molecule has 1 heterocycles. The van der Waals surface area contributed by atoms with E-state index >= 15 is 0 Å². The number of pyridine rings is 1. The molecule has 0 aliphatic carbocycles. The Morgan fingerprint density at radius 3 is 2.29 bits per heavy atom. The van der Waals surface area contributed by atoms with Crippen molar-refractivity contribution >= 4 is 21.4 Å². The molecule has 2 aromatic carbocycles. The maximum atomic E-state index is 12.9. The highest BCUT2D eigenvalue weighted by atomic mass is 32.2. The summed E-state index contributed by atoms with van der Waals surface area (Å²) in [5.41, 5.74) is 2.91. The number of hydrogen-bond donors (Lipinski definition) is 0. The van der Waals surface area contributed by atoms with Gasteiger partial charge in [-0.1, -0.05) is 54.1 Å². The Morgan fingerprint density at radius 2 is 1.58 bits per heavy atom. The van der Waals surface area contributed by atoms with Gasteiger partial charge in [-0.15, -0.1) is 0 Å². The first kappa shape index (κ1) is 22.6. The zero-order valence-corrected chi connectivity index (χ0v) is 18.3. The zero-order valence-electron chi connectivity index (χ0n) is 17.5. The number of aryl methyl sites for hydroxylation is 2. The number of sulfone groups is 1. The molecule has 0 bridgehead atoms. The molecule has 31 heavy (non-hydrogen) atoms. The van der Waals surface area contributed by atoms with E-state index in [1.165, 1.54) is 12.1 Å². The minimum absolute atomic E-state index is 0.0100. The van der Waals surface area contributed by atoms with Crippen LogP contribution in [-0.4, -0.2) is 30.7 Å². The first-order valence-electron chi connectivity index (χ1n) is 10.2. The van der Waals surface area contributed by atoms with Gasteiger partial charge in [-0.05, 0) is 37.1 Å². The van der Waals surface area contributed by atoms with Gasteiger partial charge in [0.25, 0.3) is 0 Å². The van der Waals surface area contributed by atoms with Crippen molar-refractivity contribution in [3.63, 3.8) is 0 Å². The van der Waals surface area contributed by atoms with Crippen LogP contribution in [0.15, 0.2) is 77.8 Å². The summed E-state index contributed by atoms with van der Waals surface area (Å²) < 4.78 is 25.8. The van der Waals surface area contributed by atoms with Crippen LogP contribution >= 0.6 is 0 Å². The van der Waals surface area contributed by atoms with Gasteiger partial charge in [0.15, 0.2) is 15.6 Å². The smallest absolute Gasteiger partial charge is 0.179 e. The van der Waals surface area contributed by atoms with Gasteiger partial charge in [0.1, 0.15) is 5.78 Å². The van der Waals surface area contributed by atoms with Crippen LogP contribution in [0.3, 0.4) is 0 Å². The molecular weight excluding hydrogens is 410 g/mol. The van der Waals surface area contributed by atoms with E-state index in [2.05, 4.69) is 4.98 Å². The monoisotopic (exact) mass is 435 g/mol. The highest BCUT2D eigenvalue weighted by molar-refractivity contribution is 7.91. The number of carbonyl (C=O) groups is 2. The molecule has 0 N–H and O–H groups in total. The lowest BCUT2D eigenvalue weighted by atomic mass is 10.1. The Balaban J connectivity index is 1.66. The number of nitrogens with zero attached hydrogens (tertiary/aromatic N) is 1. The lowest BCUT2D eigenvalue weighted by Gasteiger charge is -2.10. The minimum Gasteiger partial charge on any atom is -0.299 e. The molecule has 0 saturated carbocycles. The molecule has 160 valence electrons. The van der Waals surface area contributed by atoms with Gasteiger partial charge in [-0.3, -0.25) is 14.6 Å². The third-order valence-electron chi connectivity index (χ3n) is 5.03. The fraction of sp³-hybridized carbons (Fsp3) is 0.240. The third-order valence-corrected chi connectivity index (χ3v) is 6.80. The van der Waals surface area contributed by atoms with E-state index in [9.17, 15) is 18.0 Å². The van der Waals surface area contributed by atoms with E-state index in [1.807, 2.05) is 43.3 Å². The molecule has 0 unspecified atom stereocenters. The van der Waals surface area contributed by atoms with Gasteiger partial charge in [-0.25, -0.2) is 8.42 Å². The highest BCUT2D eigenvalue weighted by Gasteiger charge is 2.23. The maximum Gasteiger partial charge on any atom is 0.179 e. The Labute approximate surface area is 183 Å². The second-order valence-corrected chi connectivity index (χ2v) is 9.59. The second kappa shape index (κ2) is 10.3. The van der Waals surface area contributed by atoms with Gasteiger partial charge in [-0.2, -0.15) is 0 Å². The molecule has 0 saturated heterocycles. The Morgan fingerprint density at radius 1 is 0.871 bits per heavy atom. The maximum absolute atomic E-state index is 12.9. The summed E-state index contributed by atoms with van der Waals surface area (Å²) in [6.45, 7) is 1.97. The molecule has 0 atom stereocenters. The van der Waals surface area contributed by atoms with Crippen LogP contribution in [0, 0.1) is 6.92 Å². The zero-order chi connectivity index (χ0) is 22.3. The molecule has 6 heteroatoms. The number of hydrogen-bond acceptors (Lipinski definition) is 5. The summed E-state index contributed by atoms with van der Waals surface area (Å²) in [6.07, 6.45) is 2.36. The number of aromatic nitrogens is 1. The third kappa shape index (κ3) is 6.43. The van der Waals surface area contributed by atoms with Crippen molar-refractivity contribution < 1.29 is 18.0 Å². The van der Waals surface area contributed by atoms with Gasteiger partial charge >= 0.3 is 0 Å². The quantitative estimate of drug-likeness (QED) is 0.446. The van der Waals surface area contributed by atoms with E-state index in [-0.39, 0.29) is 47.0 Å². The van der Waals surface area contributed by atoms with E-state index < -0.39 is 9.84 Å². The van der Waals surface area contributed by atoms with E-state index in [0.29, 0.717) is 6.42 Å². The lowest BCUT2D eigenvalue weighted by molar-refractivity contribution is -0.118. The van der Waals surface area contributed by atoms with Crippen molar-refractivity contribution in [2.75, 3.05) is 5.75 Å². The fourth-order valence-electron chi connectivity index (χ4n) is 3.27. The molecule has 0 fully saturated rings. The Hall–Kier alpha value is -3.12. The van der Waals surface area contributed by atoms with Crippen molar-refractivity contribution in [2.45, 2.75) is 37.5 Å². The number of rotatable bonds is 10. The van der Waals surface area contributed by atoms with E-state index in [1.54, 1.807) is 24.4 Å². The summed E-state index contributed by atoms with van der Waals surface area (Å²) in [5.74, 6) is -0.718. The predicted octanol–water partition coefficient (Wildman–Crippen LogP) is 4.18. The van der Waals surface area contributed by atoms with Crippen molar-refractivity contribution in [1.82, 2.24) is 4.98 Å². The van der Waals surface area contributed by atoms with Gasteiger partial charge < -0.3 is 0 Å². The Bertz CT molecular complexity index is 1150. The molecule has 0 aliphatic rings. The molecule has 0 radical (unpaired) electrons. The van der Waals surface area contributed by atoms with Crippen molar-refractivity contribution in [3.8, 4) is 0 Å². The number of Topliss-reactive ketones (excluding diaryl/α,β-unsaturated/α-hetero) is 2. The van der Waals surface area contributed by atoms with Crippen LogP contribution < -0.4 is 0 Å². The highest BCUT2D eigenvalue weighted by Crippen LogP contribution is 2.20. The first-order chi connectivity index (χ1) is 14.8. The molecule has 1 aromatic heterocycles. The molecule has 0 spiro atoms. The summed E-state index contributed by atoms with van der Waals surface area (Å²) in [7, 11) is -3.77. The van der Waals surface area contributed by atoms with Crippen LogP contribution in [0.5, 0.6) is 0 Å². The van der Waals surface area contributed by atoms with Crippen LogP contribution in [0.25, 0.3) is 0 Å². The average molecular weight is 436 g/mol. The number of ketones is 2. The van der Waals surface area contributed by atoms with Crippen molar-refractivity contribution in [1.29, 1.82) is 0 Å². The number of benzene rings is 2. The Kier molecular flexibility index (Phi) is 7.47. The molecule has 3 aromatic rings. The van der Waals surface area contributed by atoms with E-state index in [0.717, 1.165) is 16.8 Å². The topological polar surface area (TPSA) is 81.2 Å². The summed E-state index contributed by atoms with van der Waals surface area (Å²) >= 11 is 0. The second-order valence-electron chi connectivity index (χ2n) is 7.51. The number of carbonyl (C=O) groups excluding carboxylic acids is 2. The van der Waals surface area contributed by atoms with Crippen LogP contribution in [-0.2, 0) is 27.5 Å². The average Bonchev–Trinajstić information content (AvgIpc) is 2.78. The summed E-state index contributed by atoms with van der Waals surface area (Å²) in [5, 5.41) is 0. The lowest BCUT2D eigenvalue weighted by Crippen LogP contribution is -2.16. The van der Waals surface area contributed by atoms with Crippen molar-refractivity contribution in [3.05, 3.63) is 95.3 Å².